The van der Waals surface area contributed by atoms with E-state index >= 15 is 0 Å². The number of hydrogen-bond acceptors (Lipinski definition) is 6. The van der Waals surface area contributed by atoms with Gasteiger partial charge in [-0.3, -0.25) is 4.79 Å². The number of anilines is 1. The molecule has 0 unspecified atom stereocenters. The topological polar surface area (TPSA) is 65.8 Å². The van der Waals surface area contributed by atoms with E-state index in [0.29, 0.717) is 11.5 Å². The average Bonchev–Trinajstić information content (AvgIpc) is 2.81. The van der Waals surface area contributed by atoms with Gasteiger partial charge in [0.1, 0.15) is 0 Å². The monoisotopic (exact) mass is 309 g/mol. The Labute approximate surface area is 123 Å². The summed E-state index contributed by atoms with van der Waals surface area (Å²) in [6.45, 7) is 0. The largest absolute Gasteiger partial charge is 0.325 e. The van der Waals surface area contributed by atoms with Crippen molar-refractivity contribution in [3.8, 4) is 6.07 Å². The minimum Gasteiger partial charge on any atom is -0.325 e. The van der Waals surface area contributed by atoms with Gasteiger partial charge in [-0.05, 0) is 24.5 Å². The molecule has 0 fully saturated rings. The predicted molar refractivity (Wildman–Crippen MR) is 83.0 cm³/mol. The van der Waals surface area contributed by atoms with Crippen LogP contribution in [0.5, 0.6) is 0 Å². The Hall–Kier alpha value is -1.23. The lowest BCUT2D eigenvalue weighted by atomic mass is 10.3. The highest BCUT2D eigenvalue weighted by molar-refractivity contribution is 8.00. The number of fused-ring (bicyclic) bond motifs is 1. The van der Waals surface area contributed by atoms with Crippen LogP contribution in [-0.4, -0.2) is 28.7 Å². The molecular weight excluding hydrogens is 298 g/mol. The molecule has 1 heterocycles. The average molecular weight is 309 g/mol. The zero-order valence-electron chi connectivity index (χ0n) is 10.2. The second-order valence-corrected chi connectivity index (χ2v) is 6.64. The van der Waals surface area contributed by atoms with Crippen LogP contribution in [0.1, 0.15) is 0 Å². The second-order valence-electron chi connectivity index (χ2n) is 3.57. The number of thiazole rings is 1. The highest BCUT2D eigenvalue weighted by Gasteiger charge is 2.06. The van der Waals surface area contributed by atoms with Crippen LogP contribution >= 0.6 is 34.9 Å². The minimum atomic E-state index is -0.0887. The Bertz CT molecular complexity index is 633. The molecule has 1 aromatic heterocycles. The molecule has 1 amide bonds. The van der Waals surface area contributed by atoms with E-state index in [1.807, 2.05) is 30.5 Å². The van der Waals surface area contributed by atoms with E-state index in [4.69, 9.17) is 5.26 Å². The maximum absolute atomic E-state index is 11.6. The fourth-order valence-electron chi connectivity index (χ4n) is 1.45. The number of nitrogens with zero attached hydrogens (tertiary/aromatic N) is 2. The SMILES string of the molecule is CSc1nc2ccc(NC(=O)CSCC#N)cc2s1. The lowest BCUT2D eigenvalue weighted by molar-refractivity contribution is -0.113. The Kier molecular flexibility index (Phi) is 5.07. The van der Waals surface area contributed by atoms with E-state index in [-0.39, 0.29) is 5.91 Å². The van der Waals surface area contributed by atoms with Crippen LogP contribution in [0, 0.1) is 11.3 Å². The summed E-state index contributed by atoms with van der Waals surface area (Å²) in [6.07, 6.45) is 1.99. The highest BCUT2D eigenvalue weighted by Crippen LogP contribution is 2.29. The van der Waals surface area contributed by atoms with Gasteiger partial charge in [0.05, 0.1) is 27.8 Å². The maximum atomic E-state index is 11.6. The standard InChI is InChI=1S/C12H11N3OS3/c1-17-12-15-9-3-2-8(6-10(9)19-12)14-11(16)7-18-5-4-13/h2-3,6H,5,7H2,1H3,(H,14,16). The van der Waals surface area contributed by atoms with Crippen LogP contribution in [0.4, 0.5) is 5.69 Å². The van der Waals surface area contributed by atoms with Crippen molar-refractivity contribution in [1.82, 2.24) is 4.98 Å². The summed E-state index contributed by atoms with van der Waals surface area (Å²) in [7, 11) is 0. The van der Waals surface area contributed by atoms with E-state index in [1.165, 1.54) is 11.8 Å². The highest BCUT2D eigenvalue weighted by atomic mass is 32.2. The molecule has 0 aliphatic carbocycles. The molecule has 98 valence electrons. The fraction of sp³-hybridized carbons (Fsp3) is 0.250. The number of benzene rings is 1. The van der Waals surface area contributed by atoms with Gasteiger partial charge in [-0.15, -0.1) is 23.1 Å². The quantitative estimate of drug-likeness (QED) is 0.678. The van der Waals surface area contributed by atoms with Crippen molar-refractivity contribution in [3.63, 3.8) is 0 Å². The molecule has 1 aromatic carbocycles. The first-order valence-electron chi connectivity index (χ1n) is 5.42. The summed E-state index contributed by atoms with van der Waals surface area (Å²) in [5.41, 5.74) is 1.72. The smallest absolute Gasteiger partial charge is 0.234 e. The van der Waals surface area contributed by atoms with Crippen molar-refractivity contribution < 1.29 is 4.79 Å². The molecule has 0 radical (unpaired) electrons. The Morgan fingerprint density at radius 1 is 1.58 bits per heavy atom. The summed E-state index contributed by atoms with van der Waals surface area (Å²) >= 11 is 4.53. The number of thioether (sulfide) groups is 2. The number of rotatable bonds is 5. The first kappa shape index (κ1) is 14.2. The Balaban J connectivity index is 2.04. The molecule has 4 nitrogen and oxygen atoms in total. The molecule has 0 saturated carbocycles. The molecule has 0 aliphatic rings. The third-order valence-electron chi connectivity index (χ3n) is 2.23. The van der Waals surface area contributed by atoms with Crippen molar-refractivity contribution in [2.75, 3.05) is 23.1 Å². The first-order chi connectivity index (χ1) is 9.22. The van der Waals surface area contributed by atoms with Crippen LogP contribution in [-0.2, 0) is 4.79 Å². The Morgan fingerprint density at radius 3 is 3.16 bits per heavy atom. The molecule has 2 aromatic rings. The van der Waals surface area contributed by atoms with E-state index in [0.717, 1.165) is 20.2 Å². The summed E-state index contributed by atoms with van der Waals surface area (Å²) in [6, 6.07) is 7.68. The van der Waals surface area contributed by atoms with Crippen LogP contribution < -0.4 is 5.32 Å². The molecule has 1 N–H and O–H groups in total. The number of amides is 1. The summed E-state index contributed by atoms with van der Waals surface area (Å²) < 4.78 is 2.08. The van der Waals surface area contributed by atoms with Gasteiger partial charge in [-0.2, -0.15) is 5.26 Å². The van der Waals surface area contributed by atoms with Crippen LogP contribution in [0.3, 0.4) is 0 Å². The van der Waals surface area contributed by atoms with Gasteiger partial charge in [-0.25, -0.2) is 4.98 Å². The predicted octanol–water partition coefficient (Wildman–Crippen LogP) is 3.21. The molecule has 0 atom stereocenters. The van der Waals surface area contributed by atoms with Gasteiger partial charge < -0.3 is 5.32 Å². The van der Waals surface area contributed by atoms with E-state index < -0.39 is 0 Å². The second kappa shape index (κ2) is 6.80. The fourth-order valence-corrected chi connectivity index (χ4v) is 3.43. The minimum absolute atomic E-state index is 0.0887. The van der Waals surface area contributed by atoms with Crippen LogP contribution in [0.25, 0.3) is 10.2 Å². The van der Waals surface area contributed by atoms with Crippen molar-refractivity contribution in [1.29, 1.82) is 5.26 Å². The van der Waals surface area contributed by atoms with Gasteiger partial charge in [0.2, 0.25) is 5.91 Å². The summed E-state index contributed by atoms with van der Waals surface area (Å²) in [4.78, 5) is 16.1. The normalized spacial score (nSPS) is 10.3. The van der Waals surface area contributed by atoms with E-state index in [2.05, 4.69) is 10.3 Å². The molecule has 0 aliphatic heterocycles. The van der Waals surface area contributed by atoms with Gasteiger partial charge in [0.25, 0.3) is 0 Å². The number of carbonyl (C=O) groups is 1. The number of nitriles is 1. The van der Waals surface area contributed by atoms with Gasteiger partial charge in [0.15, 0.2) is 4.34 Å². The molecule has 0 spiro atoms. The maximum Gasteiger partial charge on any atom is 0.234 e. The molecule has 2 rings (SSSR count). The first-order valence-corrected chi connectivity index (χ1v) is 8.61. The summed E-state index contributed by atoms with van der Waals surface area (Å²) in [5, 5.41) is 11.2. The van der Waals surface area contributed by atoms with Crippen LogP contribution in [0.2, 0.25) is 0 Å². The summed E-state index contributed by atoms with van der Waals surface area (Å²) in [5.74, 6) is 0.539. The van der Waals surface area contributed by atoms with Crippen molar-refractivity contribution in [2.45, 2.75) is 4.34 Å². The molecule has 0 saturated heterocycles. The van der Waals surface area contributed by atoms with Crippen molar-refractivity contribution in [3.05, 3.63) is 18.2 Å². The molecule has 19 heavy (non-hydrogen) atoms. The molecule has 0 bridgehead atoms. The number of carbonyl (C=O) groups excluding carboxylic acids is 1. The number of aromatic nitrogens is 1. The van der Waals surface area contributed by atoms with Gasteiger partial charge >= 0.3 is 0 Å². The van der Waals surface area contributed by atoms with Crippen molar-refractivity contribution >= 4 is 56.7 Å². The zero-order chi connectivity index (χ0) is 13.7. The Morgan fingerprint density at radius 2 is 2.42 bits per heavy atom. The van der Waals surface area contributed by atoms with Gasteiger partial charge in [0, 0.05) is 5.69 Å². The molecular formula is C12H11N3OS3. The third-order valence-corrected chi connectivity index (χ3v) is 5.03. The third kappa shape index (κ3) is 3.86. The number of nitrogens with one attached hydrogen (secondary N) is 1. The van der Waals surface area contributed by atoms with E-state index in [9.17, 15) is 4.79 Å². The zero-order valence-corrected chi connectivity index (χ0v) is 12.6. The van der Waals surface area contributed by atoms with Crippen molar-refractivity contribution in [2.24, 2.45) is 0 Å². The molecule has 7 heteroatoms. The van der Waals surface area contributed by atoms with Crippen LogP contribution in [0.15, 0.2) is 22.5 Å². The van der Waals surface area contributed by atoms with Gasteiger partial charge in [-0.1, -0.05) is 11.8 Å². The lowest BCUT2D eigenvalue weighted by Gasteiger charge is -2.03. The van der Waals surface area contributed by atoms with E-state index in [1.54, 1.807) is 23.1 Å². The number of hydrogen-bond donors (Lipinski definition) is 1. The lowest BCUT2D eigenvalue weighted by Crippen LogP contribution is -2.14.